The zero-order valence-corrected chi connectivity index (χ0v) is 12.1. The van der Waals surface area contributed by atoms with Gasteiger partial charge in [0.2, 0.25) is 0 Å². The van der Waals surface area contributed by atoms with Gasteiger partial charge in [-0.2, -0.15) is 0 Å². The van der Waals surface area contributed by atoms with Crippen molar-refractivity contribution in [1.82, 2.24) is 0 Å². The van der Waals surface area contributed by atoms with E-state index in [0.29, 0.717) is 6.61 Å². The van der Waals surface area contributed by atoms with Crippen molar-refractivity contribution >= 4 is 11.7 Å². The first kappa shape index (κ1) is 12.5. The molecule has 2 aromatic carbocycles. The van der Waals surface area contributed by atoms with Crippen molar-refractivity contribution in [3.8, 4) is 0 Å². The molecule has 0 radical (unpaired) electrons. The zero-order valence-electron chi connectivity index (χ0n) is 12.1. The Morgan fingerprint density at radius 2 is 1.86 bits per heavy atom. The first-order valence-electron chi connectivity index (χ1n) is 7.34. The standard InChI is InChI=1S/C18H17NO2/c1-12-2-4-16(5-3-12)19-7-6-13-8-15-11-21-18(20)17(15)9-14(13)10-19/h2-5,8-9H,6-7,10-11H2,1H3. The van der Waals surface area contributed by atoms with Gasteiger partial charge in [-0.1, -0.05) is 23.8 Å². The Hall–Kier alpha value is -2.29. The van der Waals surface area contributed by atoms with Gasteiger partial charge in [0.15, 0.2) is 0 Å². The van der Waals surface area contributed by atoms with Crippen molar-refractivity contribution in [3.05, 3.63) is 64.2 Å². The molecule has 2 aliphatic heterocycles. The molecule has 0 atom stereocenters. The summed E-state index contributed by atoms with van der Waals surface area (Å²) in [5.74, 6) is -0.180. The number of hydrogen-bond donors (Lipinski definition) is 0. The number of carbonyl (C=O) groups is 1. The minimum Gasteiger partial charge on any atom is -0.457 e. The fourth-order valence-electron chi connectivity index (χ4n) is 3.17. The molecule has 0 bridgehead atoms. The highest BCUT2D eigenvalue weighted by atomic mass is 16.5. The first-order valence-corrected chi connectivity index (χ1v) is 7.34. The topological polar surface area (TPSA) is 29.5 Å². The van der Waals surface area contributed by atoms with Gasteiger partial charge in [0, 0.05) is 24.3 Å². The number of hydrogen-bond acceptors (Lipinski definition) is 3. The molecule has 3 nitrogen and oxygen atoms in total. The van der Waals surface area contributed by atoms with E-state index in [1.54, 1.807) is 0 Å². The van der Waals surface area contributed by atoms with Crippen LogP contribution in [-0.2, 0) is 24.3 Å². The fourth-order valence-corrected chi connectivity index (χ4v) is 3.17. The Morgan fingerprint density at radius 3 is 2.67 bits per heavy atom. The van der Waals surface area contributed by atoms with Crippen LogP contribution in [0.4, 0.5) is 5.69 Å². The molecule has 2 aliphatic rings. The van der Waals surface area contributed by atoms with Crippen LogP contribution >= 0.6 is 0 Å². The second-order valence-corrected chi connectivity index (χ2v) is 5.86. The molecule has 0 aliphatic carbocycles. The maximum atomic E-state index is 11.7. The number of anilines is 1. The van der Waals surface area contributed by atoms with E-state index in [4.69, 9.17) is 4.74 Å². The summed E-state index contributed by atoms with van der Waals surface area (Å²) in [6.45, 7) is 4.41. The van der Waals surface area contributed by atoms with Gasteiger partial charge in [0.05, 0.1) is 5.56 Å². The van der Waals surface area contributed by atoms with Gasteiger partial charge in [0.1, 0.15) is 6.61 Å². The average Bonchev–Trinajstić information content (AvgIpc) is 2.86. The van der Waals surface area contributed by atoms with Crippen molar-refractivity contribution < 1.29 is 9.53 Å². The molecule has 0 spiro atoms. The average molecular weight is 279 g/mol. The highest BCUT2D eigenvalue weighted by molar-refractivity contribution is 5.93. The molecule has 2 aromatic rings. The summed E-state index contributed by atoms with van der Waals surface area (Å²) in [5, 5.41) is 0. The molecule has 0 saturated heterocycles. The van der Waals surface area contributed by atoms with Gasteiger partial charge in [-0.3, -0.25) is 0 Å². The zero-order chi connectivity index (χ0) is 14.4. The van der Waals surface area contributed by atoms with Crippen molar-refractivity contribution in [2.75, 3.05) is 11.4 Å². The Balaban J connectivity index is 1.67. The summed E-state index contributed by atoms with van der Waals surface area (Å²) in [7, 11) is 0. The molecule has 2 heterocycles. The van der Waals surface area contributed by atoms with E-state index in [1.807, 2.05) is 6.07 Å². The van der Waals surface area contributed by atoms with Crippen LogP contribution in [0.3, 0.4) is 0 Å². The van der Waals surface area contributed by atoms with E-state index in [-0.39, 0.29) is 5.97 Å². The minimum absolute atomic E-state index is 0.180. The summed E-state index contributed by atoms with van der Waals surface area (Å²) >= 11 is 0. The maximum Gasteiger partial charge on any atom is 0.338 e. The van der Waals surface area contributed by atoms with Crippen LogP contribution in [0.25, 0.3) is 0 Å². The second kappa shape index (κ2) is 4.62. The highest BCUT2D eigenvalue weighted by Gasteiger charge is 2.25. The number of aryl methyl sites for hydroxylation is 1. The number of benzene rings is 2. The molecule has 0 aromatic heterocycles. The molecule has 0 N–H and O–H groups in total. The lowest BCUT2D eigenvalue weighted by Gasteiger charge is -2.31. The van der Waals surface area contributed by atoms with Crippen LogP contribution < -0.4 is 4.90 Å². The number of esters is 1. The fraction of sp³-hybridized carbons (Fsp3) is 0.278. The van der Waals surface area contributed by atoms with Gasteiger partial charge in [-0.25, -0.2) is 4.79 Å². The van der Waals surface area contributed by atoms with Gasteiger partial charge in [-0.15, -0.1) is 0 Å². The summed E-state index contributed by atoms with van der Waals surface area (Å²) < 4.78 is 5.11. The third-order valence-corrected chi connectivity index (χ3v) is 4.42. The Bertz CT molecular complexity index is 719. The molecular weight excluding hydrogens is 262 g/mol. The summed E-state index contributed by atoms with van der Waals surface area (Å²) in [5.41, 5.74) is 6.92. The highest BCUT2D eigenvalue weighted by Crippen LogP contribution is 2.30. The van der Waals surface area contributed by atoms with Gasteiger partial charge < -0.3 is 9.64 Å². The lowest BCUT2D eigenvalue weighted by molar-refractivity contribution is 0.0535. The van der Waals surface area contributed by atoms with Gasteiger partial charge in [-0.05, 0) is 42.7 Å². The lowest BCUT2D eigenvalue weighted by Crippen LogP contribution is -2.30. The van der Waals surface area contributed by atoms with Crippen LogP contribution in [0.15, 0.2) is 36.4 Å². The number of nitrogens with zero attached hydrogens (tertiary/aromatic N) is 1. The van der Waals surface area contributed by atoms with Crippen molar-refractivity contribution in [1.29, 1.82) is 0 Å². The quantitative estimate of drug-likeness (QED) is 0.751. The molecule has 0 unspecified atom stereocenters. The van der Waals surface area contributed by atoms with Crippen molar-refractivity contribution in [2.24, 2.45) is 0 Å². The number of rotatable bonds is 1. The molecule has 0 fully saturated rings. The summed E-state index contributed by atoms with van der Waals surface area (Å²) in [4.78, 5) is 14.1. The molecule has 21 heavy (non-hydrogen) atoms. The predicted molar refractivity (Wildman–Crippen MR) is 81.5 cm³/mol. The van der Waals surface area contributed by atoms with Crippen LogP contribution in [0.2, 0.25) is 0 Å². The molecule has 0 saturated carbocycles. The van der Waals surface area contributed by atoms with Gasteiger partial charge >= 0.3 is 5.97 Å². The number of cyclic esters (lactones) is 1. The minimum atomic E-state index is -0.180. The lowest BCUT2D eigenvalue weighted by atomic mass is 9.94. The first-order chi connectivity index (χ1) is 10.2. The Morgan fingerprint density at radius 1 is 1.05 bits per heavy atom. The van der Waals surface area contributed by atoms with E-state index in [0.717, 1.165) is 30.6 Å². The number of fused-ring (bicyclic) bond motifs is 2. The molecule has 4 rings (SSSR count). The van der Waals surface area contributed by atoms with E-state index < -0.39 is 0 Å². The van der Waals surface area contributed by atoms with E-state index in [1.165, 1.54) is 22.4 Å². The largest absolute Gasteiger partial charge is 0.457 e. The van der Waals surface area contributed by atoms with Crippen LogP contribution in [0.1, 0.15) is 32.6 Å². The van der Waals surface area contributed by atoms with E-state index >= 15 is 0 Å². The normalized spacial score (nSPS) is 16.4. The summed E-state index contributed by atoms with van der Waals surface area (Å²) in [6.07, 6.45) is 1.02. The molecular formula is C18H17NO2. The Labute approximate surface area is 124 Å². The van der Waals surface area contributed by atoms with E-state index in [9.17, 15) is 4.79 Å². The van der Waals surface area contributed by atoms with Gasteiger partial charge in [0.25, 0.3) is 0 Å². The Kier molecular flexibility index (Phi) is 2.74. The predicted octanol–water partition coefficient (Wildman–Crippen LogP) is 3.23. The van der Waals surface area contributed by atoms with Crippen LogP contribution in [0, 0.1) is 6.92 Å². The van der Waals surface area contributed by atoms with Crippen LogP contribution in [0.5, 0.6) is 0 Å². The third kappa shape index (κ3) is 2.09. The second-order valence-electron chi connectivity index (χ2n) is 5.86. The molecule has 106 valence electrons. The van der Waals surface area contributed by atoms with E-state index in [2.05, 4.69) is 42.2 Å². The smallest absolute Gasteiger partial charge is 0.338 e. The maximum absolute atomic E-state index is 11.7. The molecule has 3 heteroatoms. The van der Waals surface area contributed by atoms with Crippen molar-refractivity contribution in [2.45, 2.75) is 26.5 Å². The molecule has 0 amide bonds. The number of carbonyl (C=O) groups excluding carboxylic acids is 1. The monoisotopic (exact) mass is 279 g/mol. The van der Waals surface area contributed by atoms with Crippen LogP contribution in [-0.4, -0.2) is 12.5 Å². The SMILES string of the molecule is Cc1ccc(N2CCc3cc4c(cc3C2)C(=O)OC4)cc1. The third-order valence-electron chi connectivity index (χ3n) is 4.42. The van der Waals surface area contributed by atoms with Crippen molar-refractivity contribution in [3.63, 3.8) is 0 Å². The number of ether oxygens (including phenoxy) is 1. The summed E-state index contributed by atoms with van der Waals surface area (Å²) in [6, 6.07) is 12.8.